The summed E-state index contributed by atoms with van der Waals surface area (Å²) in [6.07, 6.45) is -6.96. The number of rotatable bonds is 9. The van der Waals surface area contributed by atoms with E-state index in [1.54, 1.807) is 24.3 Å². The van der Waals surface area contributed by atoms with Crippen LogP contribution in [0.5, 0.6) is 0 Å². The van der Waals surface area contributed by atoms with Gasteiger partial charge in [-0.05, 0) is 58.7 Å². The Morgan fingerprint density at radius 2 is 1.79 bits per heavy atom. The zero-order valence-corrected chi connectivity index (χ0v) is 20.9. The van der Waals surface area contributed by atoms with E-state index in [1.807, 2.05) is 24.3 Å². The maximum Gasteiger partial charge on any atom is 0.422 e. The smallest absolute Gasteiger partial charge is 0.422 e. The lowest BCUT2D eigenvalue weighted by Gasteiger charge is -2.22. The summed E-state index contributed by atoms with van der Waals surface area (Å²) in [5.74, 6) is -2.07. The number of hydrogen-bond donors (Lipinski definition) is 3. The highest BCUT2D eigenvalue weighted by atomic mass is 35.5. The summed E-state index contributed by atoms with van der Waals surface area (Å²) in [6, 6.07) is 17.9. The fourth-order valence-corrected chi connectivity index (χ4v) is 4.10. The number of halogens is 4. The van der Waals surface area contributed by atoms with E-state index in [-0.39, 0.29) is 17.5 Å². The van der Waals surface area contributed by atoms with Crippen molar-refractivity contribution in [2.45, 2.75) is 31.2 Å². The van der Waals surface area contributed by atoms with Crippen LogP contribution in [0.15, 0.2) is 66.7 Å². The van der Waals surface area contributed by atoms with Crippen molar-refractivity contribution in [1.29, 1.82) is 0 Å². The highest BCUT2D eigenvalue weighted by Crippen LogP contribution is 2.24. The molecule has 0 fully saturated rings. The zero-order valence-electron chi connectivity index (χ0n) is 20.1. The van der Waals surface area contributed by atoms with Gasteiger partial charge in [0.1, 0.15) is 11.0 Å². The Bertz CT molecular complexity index is 1480. The van der Waals surface area contributed by atoms with Gasteiger partial charge in [0.05, 0.1) is 0 Å². The van der Waals surface area contributed by atoms with Gasteiger partial charge in [-0.25, -0.2) is 4.79 Å². The Balaban J connectivity index is 1.51. The average Bonchev–Trinajstić information content (AvgIpc) is 3.27. The number of alkyl halides is 3. The Kier molecular flexibility index (Phi) is 8.36. The van der Waals surface area contributed by atoms with Gasteiger partial charge in [0.25, 0.3) is 5.91 Å². The normalized spacial score (nSPS) is 13.2. The van der Waals surface area contributed by atoms with Crippen molar-refractivity contribution in [2.24, 2.45) is 0 Å². The summed E-state index contributed by atoms with van der Waals surface area (Å²) in [7, 11) is 0. The number of nitrogens with zero attached hydrogens (tertiary/aromatic N) is 3. The summed E-state index contributed by atoms with van der Waals surface area (Å²) in [5, 5.41) is 30.4. The molecule has 0 radical (unpaired) electrons. The lowest BCUT2D eigenvalue weighted by Crippen LogP contribution is -2.41. The van der Waals surface area contributed by atoms with Crippen LogP contribution in [0.1, 0.15) is 22.3 Å². The van der Waals surface area contributed by atoms with E-state index in [0.717, 1.165) is 16.7 Å². The minimum atomic E-state index is -4.75. The van der Waals surface area contributed by atoms with Crippen molar-refractivity contribution in [3.63, 3.8) is 0 Å². The monoisotopic (exact) mass is 562 g/mol. The first-order valence-electron chi connectivity index (χ1n) is 11.6. The predicted octanol–water partition coefficient (Wildman–Crippen LogP) is 4.19. The van der Waals surface area contributed by atoms with Crippen molar-refractivity contribution >= 4 is 34.5 Å². The van der Waals surface area contributed by atoms with Crippen LogP contribution < -0.4 is 5.32 Å². The van der Waals surface area contributed by atoms with Crippen molar-refractivity contribution in [1.82, 2.24) is 20.5 Å². The fourth-order valence-electron chi connectivity index (χ4n) is 3.91. The molecule has 204 valence electrons. The third kappa shape index (κ3) is 7.45. The van der Waals surface area contributed by atoms with Crippen LogP contribution in [0.2, 0.25) is 5.02 Å². The molecule has 0 saturated heterocycles. The molecule has 4 aromatic rings. The van der Waals surface area contributed by atoms with Crippen LogP contribution in [-0.4, -0.2) is 62.3 Å². The standard InChI is InChI=1S/C26H22ClF3N4O5/c27-19-3-1-2-17(11-19)16-6-4-15(5-7-16)10-20(13-23(35)25(37)39-14-26(28,29)30)31-24(36)18-8-9-21-22(12-18)34(38)33-32-21/h1-9,11-12,20,23,35,38H,10,13-14H2,(H,31,36)/t20-,23-/m1/s1. The Labute approximate surface area is 224 Å². The number of carbonyl (C=O) groups excluding carboxylic acids is 2. The van der Waals surface area contributed by atoms with Gasteiger partial charge in [0.2, 0.25) is 0 Å². The maximum atomic E-state index is 13.0. The molecule has 0 aliphatic rings. The molecule has 3 N–H and O–H groups in total. The minimum absolute atomic E-state index is 0.121. The number of amides is 1. The molecule has 0 unspecified atom stereocenters. The Morgan fingerprint density at radius 3 is 2.49 bits per heavy atom. The molecule has 4 rings (SSSR count). The van der Waals surface area contributed by atoms with Crippen molar-refractivity contribution < 1.29 is 37.8 Å². The second-order valence-electron chi connectivity index (χ2n) is 8.74. The number of esters is 1. The zero-order chi connectivity index (χ0) is 28.2. The third-order valence-corrected chi connectivity index (χ3v) is 6.01. The number of fused-ring (bicyclic) bond motifs is 1. The number of carbonyl (C=O) groups is 2. The Hall–Kier alpha value is -4.16. The molecule has 1 amide bonds. The minimum Gasteiger partial charge on any atom is -0.454 e. The molecule has 0 bridgehead atoms. The molecular formula is C26H22ClF3N4O5. The molecular weight excluding hydrogens is 541 g/mol. The maximum absolute atomic E-state index is 13.0. The van der Waals surface area contributed by atoms with E-state index < -0.39 is 43.2 Å². The first kappa shape index (κ1) is 27.9. The van der Waals surface area contributed by atoms with Crippen LogP contribution in [0.25, 0.3) is 22.2 Å². The predicted molar refractivity (Wildman–Crippen MR) is 134 cm³/mol. The number of benzene rings is 3. The molecule has 0 aliphatic heterocycles. The van der Waals surface area contributed by atoms with E-state index in [9.17, 15) is 33.1 Å². The third-order valence-electron chi connectivity index (χ3n) is 5.78. The SMILES string of the molecule is O=C(N[C@H](Cc1ccc(-c2cccc(Cl)c2)cc1)C[C@@H](O)C(=O)OCC(F)(F)F)c1ccc2nnn(O)c2c1. The number of nitrogens with one attached hydrogen (secondary N) is 1. The number of aromatic nitrogens is 3. The number of aliphatic hydroxyl groups is 1. The molecule has 1 heterocycles. The van der Waals surface area contributed by atoms with Crippen molar-refractivity contribution in [2.75, 3.05) is 6.61 Å². The number of aliphatic hydroxyl groups excluding tert-OH is 1. The molecule has 0 saturated carbocycles. The molecule has 0 spiro atoms. The van der Waals surface area contributed by atoms with E-state index in [1.165, 1.54) is 18.2 Å². The first-order chi connectivity index (χ1) is 18.5. The second kappa shape index (κ2) is 11.7. The average molecular weight is 563 g/mol. The van der Waals surface area contributed by atoms with Crippen LogP contribution in [0.3, 0.4) is 0 Å². The van der Waals surface area contributed by atoms with Gasteiger partial charge in [-0.3, -0.25) is 4.79 Å². The Morgan fingerprint density at radius 1 is 1.05 bits per heavy atom. The molecule has 3 aromatic carbocycles. The van der Waals surface area contributed by atoms with Gasteiger partial charge in [-0.15, -0.1) is 5.10 Å². The van der Waals surface area contributed by atoms with Crippen LogP contribution >= 0.6 is 11.6 Å². The summed E-state index contributed by atoms with van der Waals surface area (Å²) < 4.78 is 41.4. The van der Waals surface area contributed by atoms with Gasteiger partial charge < -0.3 is 20.4 Å². The van der Waals surface area contributed by atoms with Gasteiger partial charge in [0.15, 0.2) is 12.7 Å². The molecule has 2 atom stereocenters. The van der Waals surface area contributed by atoms with E-state index in [4.69, 9.17) is 11.6 Å². The topological polar surface area (TPSA) is 127 Å². The number of ether oxygens (including phenoxy) is 1. The molecule has 39 heavy (non-hydrogen) atoms. The summed E-state index contributed by atoms with van der Waals surface area (Å²) >= 11 is 6.06. The van der Waals surface area contributed by atoms with E-state index >= 15 is 0 Å². The van der Waals surface area contributed by atoms with Gasteiger partial charge in [-0.1, -0.05) is 52.8 Å². The van der Waals surface area contributed by atoms with Gasteiger partial charge in [0, 0.05) is 23.0 Å². The van der Waals surface area contributed by atoms with Crippen molar-refractivity contribution in [3.8, 4) is 11.1 Å². The van der Waals surface area contributed by atoms with Crippen LogP contribution in [0, 0.1) is 0 Å². The van der Waals surface area contributed by atoms with E-state index in [2.05, 4.69) is 20.4 Å². The van der Waals surface area contributed by atoms with Gasteiger partial charge >= 0.3 is 12.1 Å². The van der Waals surface area contributed by atoms with E-state index in [0.29, 0.717) is 15.4 Å². The highest BCUT2D eigenvalue weighted by Gasteiger charge is 2.32. The lowest BCUT2D eigenvalue weighted by atomic mass is 9.97. The molecule has 9 nitrogen and oxygen atoms in total. The lowest BCUT2D eigenvalue weighted by molar-refractivity contribution is -0.192. The summed E-state index contributed by atoms with van der Waals surface area (Å²) in [5.41, 5.74) is 3.11. The summed E-state index contributed by atoms with van der Waals surface area (Å²) in [4.78, 5) is 25.5. The largest absolute Gasteiger partial charge is 0.454 e. The quantitative estimate of drug-likeness (QED) is 0.206. The van der Waals surface area contributed by atoms with Crippen LogP contribution in [-0.2, 0) is 16.0 Å². The molecule has 1 aromatic heterocycles. The van der Waals surface area contributed by atoms with Crippen LogP contribution in [0.4, 0.5) is 13.2 Å². The first-order valence-corrected chi connectivity index (χ1v) is 12.0. The molecule has 13 heteroatoms. The van der Waals surface area contributed by atoms with Crippen molar-refractivity contribution in [3.05, 3.63) is 82.9 Å². The molecule has 0 aliphatic carbocycles. The highest BCUT2D eigenvalue weighted by molar-refractivity contribution is 6.30. The second-order valence-corrected chi connectivity index (χ2v) is 9.17. The number of hydrogen-bond acceptors (Lipinski definition) is 7. The van der Waals surface area contributed by atoms with Gasteiger partial charge in [-0.2, -0.15) is 13.2 Å². The summed E-state index contributed by atoms with van der Waals surface area (Å²) in [6.45, 7) is -1.84. The fraction of sp³-hybridized carbons (Fsp3) is 0.231.